The zero-order chi connectivity index (χ0) is 3.58. The Balaban J connectivity index is -0.0000000450. The number of rotatable bonds is 0. The Morgan fingerprint density at radius 2 is 1.33 bits per heavy atom. The second kappa shape index (κ2) is 9.92. The fraction of sp³-hybridized carbons (Fsp3) is 0. The second-order valence-electron chi connectivity index (χ2n) is 0.283. The second-order valence-corrected chi connectivity index (χ2v) is 0.848. The van der Waals surface area contributed by atoms with E-state index in [-0.39, 0.29) is 49.3 Å². The van der Waals surface area contributed by atoms with Crippen LogP contribution in [-0.4, -0.2) is 59.1 Å². The van der Waals surface area contributed by atoms with Gasteiger partial charge in [0, 0.05) is 0 Å². The molecule has 0 bridgehead atoms. The summed E-state index contributed by atoms with van der Waals surface area (Å²) in [6.45, 7) is 0. The molecule has 6 heavy (non-hydrogen) atoms. The van der Waals surface area contributed by atoms with Crippen LogP contribution < -0.4 is 0 Å². The first kappa shape index (κ1) is 15.7. The molecule has 0 spiro atoms. The van der Waals surface area contributed by atoms with Crippen LogP contribution in [0, 0.1) is 0 Å². The van der Waals surface area contributed by atoms with Gasteiger partial charge in [-0.1, -0.05) is 0 Å². The van der Waals surface area contributed by atoms with Crippen molar-refractivity contribution in [3.05, 3.63) is 0 Å². The molecule has 6 heteroatoms. The zero-order valence-corrected chi connectivity index (χ0v) is 2.80. The van der Waals surface area contributed by atoms with E-state index in [4.69, 9.17) is 14.4 Å². The zero-order valence-electron chi connectivity index (χ0n) is 1.80. The molecule has 34 valence electrons. The molecule has 0 aliphatic heterocycles. The van der Waals surface area contributed by atoms with E-state index in [0.29, 0.717) is 0 Å². The predicted octanol–water partition coefficient (Wildman–Crippen LogP) is -2.47. The van der Waals surface area contributed by atoms with Crippen LogP contribution in [0.2, 0.25) is 0 Å². The van der Waals surface area contributed by atoms with Crippen molar-refractivity contribution in [1.29, 1.82) is 0 Å². The summed E-state index contributed by atoms with van der Waals surface area (Å²) < 4.78 is 8.74. The van der Waals surface area contributed by atoms with Crippen LogP contribution in [-0.2, 0) is 4.57 Å². The maximum absolute atomic E-state index is 8.74. The summed E-state index contributed by atoms with van der Waals surface area (Å²) in [4.78, 5) is 14.3. The Morgan fingerprint density at radius 3 is 1.33 bits per heavy atom. The van der Waals surface area contributed by atoms with Crippen molar-refractivity contribution in [1.82, 2.24) is 0 Å². The monoisotopic (exact) mass is 178 g/mol. The van der Waals surface area contributed by atoms with Gasteiger partial charge in [-0.3, -0.25) is 4.57 Å². The summed E-state index contributed by atoms with van der Waals surface area (Å²) in [5.41, 5.74) is 0. The molecule has 0 aromatic rings. The van der Waals surface area contributed by atoms with Crippen LogP contribution >= 0.6 is 8.25 Å². The normalized spacial score (nSPS) is 5.83. The van der Waals surface area contributed by atoms with Gasteiger partial charge in [0.2, 0.25) is 0 Å². The molecule has 0 rings (SSSR count). The van der Waals surface area contributed by atoms with Crippen molar-refractivity contribution < 1.29 is 14.4 Å². The molecule has 0 aromatic carbocycles. The van der Waals surface area contributed by atoms with Crippen LogP contribution in [0.15, 0.2) is 0 Å². The first-order valence-corrected chi connectivity index (χ1v) is 1.95. The molecule has 0 aliphatic carbocycles. The van der Waals surface area contributed by atoms with Crippen LogP contribution in [0.1, 0.15) is 0 Å². The molecule has 0 radical (unpaired) electrons. The first-order valence-electron chi connectivity index (χ1n) is 0.651. The molecular weight excluding hydrogens is 172 g/mol. The van der Waals surface area contributed by atoms with Crippen LogP contribution in [0.5, 0.6) is 0 Å². The van der Waals surface area contributed by atoms with Crippen LogP contribution in [0.25, 0.3) is 0 Å². The van der Waals surface area contributed by atoms with Crippen molar-refractivity contribution in [2.24, 2.45) is 0 Å². The number of hydrogen-bond donors (Lipinski definition) is 2. The standard InChI is InChI=1S/Ga.Na.H3O3P.4H/c;;1-4(2)3;;;;/h;;4H,(H2,1,2,3);;;;. The summed E-state index contributed by atoms with van der Waals surface area (Å²) in [7, 11) is -3.13. The third kappa shape index (κ3) is 41.5. The molecule has 0 saturated carbocycles. The summed E-state index contributed by atoms with van der Waals surface area (Å²) in [5.74, 6) is 0. The van der Waals surface area contributed by atoms with Gasteiger partial charge in [-0.25, -0.2) is 0 Å². The maximum atomic E-state index is 8.74. The number of hydrogen-bond acceptors (Lipinski definition) is 1. The van der Waals surface area contributed by atoms with Crippen molar-refractivity contribution >= 4 is 57.6 Å². The first-order chi connectivity index (χ1) is 1.73. The van der Waals surface area contributed by atoms with Gasteiger partial charge in [0.15, 0.2) is 0 Å². The minimum atomic E-state index is -3.13. The van der Waals surface area contributed by atoms with Crippen LogP contribution in [0.3, 0.4) is 0 Å². The van der Waals surface area contributed by atoms with E-state index >= 15 is 0 Å². The fourth-order valence-electron chi connectivity index (χ4n) is 0. The van der Waals surface area contributed by atoms with E-state index in [9.17, 15) is 0 Å². The molecule has 0 saturated heterocycles. The average Bonchev–Trinajstić information content (AvgIpc) is 0.811. The van der Waals surface area contributed by atoms with E-state index in [1.54, 1.807) is 0 Å². The topological polar surface area (TPSA) is 57.5 Å². The Hall–Kier alpha value is 1.79. The van der Waals surface area contributed by atoms with Crippen molar-refractivity contribution in [2.45, 2.75) is 0 Å². The summed E-state index contributed by atoms with van der Waals surface area (Å²) >= 11 is 0. The van der Waals surface area contributed by atoms with Gasteiger partial charge in [0.25, 0.3) is 0 Å². The molecule has 0 amide bonds. The van der Waals surface area contributed by atoms with Gasteiger partial charge >= 0.3 is 57.6 Å². The minimum absolute atomic E-state index is 0. The van der Waals surface area contributed by atoms with Gasteiger partial charge in [0.05, 0.1) is 0 Å². The molecule has 0 fully saturated rings. The predicted molar refractivity (Wildman–Crippen MR) is 30.5 cm³/mol. The SMILES string of the molecule is O=[PH](O)O.[GaH3].[NaH]. The van der Waals surface area contributed by atoms with Crippen LogP contribution in [0.4, 0.5) is 0 Å². The van der Waals surface area contributed by atoms with E-state index in [1.165, 1.54) is 0 Å². The third-order valence-corrected chi connectivity index (χ3v) is 0. The van der Waals surface area contributed by atoms with E-state index in [1.807, 2.05) is 0 Å². The van der Waals surface area contributed by atoms with Crippen molar-refractivity contribution in [2.75, 3.05) is 0 Å². The molecular formula is H7GaNaO3P. The van der Waals surface area contributed by atoms with Gasteiger partial charge in [0.1, 0.15) is 0 Å². The van der Waals surface area contributed by atoms with Gasteiger partial charge in [-0.15, -0.1) is 0 Å². The van der Waals surface area contributed by atoms with E-state index in [2.05, 4.69) is 0 Å². The quantitative estimate of drug-likeness (QED) is 0.319. The third-order valence-electron chi connectivity index (χ3n) is 0. The van der Waals surface area contributed by atoms with E-state index in [0.717, 1.165) is 0 Å². The van der Waals surface area contributed by atoms with Gasteiger partial charge < -0.3 is 9.79 Å². The molecule has 0 unspecified atom stereocenters. The fourth-order valence-corrected chi connectivity index (χ4v) is 0. The summed E-state index contributed by atoms with van der Waals surface area (Å²) in [5, 5.41) is 0. The molecule has 0 heterocycles. The van der Waals surface area contributed by atoms with Gasteiger partial charge in [-0.05, 0) is 0 Å². The Bertz CT molecular complexity index is 33.8. The average molecular weight is 179 g/mol. The Labute approximate surface area is 71.4 Å². The Morgan fingerprint density at radius 1 is 1.33 bits per heavy atom. The molecule has 3 nitrogen and oxygen atoms in total. The van der Waals surface area contributed by atoms with Crippen molar-refractivity contribution in [3.8, 4) is 0 Å². The molecule has 0 aromatic heterocycles. The summed E-state index contributed by atoms with van der Waals surface area (Å²) in [6.07, 6.45) is 0. The van der Waals surface area contributed by atoms with Crippen molar-refractivity contribution in [3.63, 3.8) is 0 Å². The molecule has 0 aliphatic rings. The van der Waals surface area contributed by atoms with E-state index < -0.39 is 8.25 Å². The summed E-state index contributed by atoms with van der Waals surface area (Å²) in [6, 6.07) is 0. The molecule has 0 atom stereocenters. The Kier molecular flexibility index (Phi) is 25.9. The molecule has 2 N–H and O–H groups in total. The van der Waals surface area contributed by atoms with Gasteiger partial charge in [-0.2, -0.15) is 0 Å².